The van der Waals surface area contributed by atoms with Crippen molar-refractivity contribution in [1.29, 1.82) is 0 Å². The molecule has 1 aromatic rings. The molecule has 1 saturated heterocycles. The molecule has 0 amide bonds. The Bertz CT molecular complexity index is 383. The molecule has 2 rings (SSSR count). The predicted octanol–water partition coefficient (Wildman–Crippen LogP) is 0.982. The van der Waals surface area contributed by atoms with E-state index in [0.29, 0.717) is 18.5 Å². The Hall–Kier alpha value is -1.36. The first-order chi connectivity index (χ1) is 8.26. The summed E-state index contributed by atoms with van der Waals surface area (Å²) in [6.45, 7) is 6.66. The van der Waals surface area contributed by atoms with E-state index in [1.165, 1.54) is 0 Å². The van der Waals surface area contributed by atoms with Crippen LogP contribution in [0, 0.1) is 6.92 Å². The maximum atomic E-state index is 5.50. The van der Waals surface area contributed by atoms with Crippen molar-refractivity contribution in [2.24, 2.45) is 0 Å². The fraction of sp³-hybridized carbons (Fsp3) is 0.667. The molecule has 1 aliphatic rings. The van der Waals surface area contributed by atoms with E-state index in [2.05, 4.69) is 20.2 Å². The molecule has 94 valence electrons. The van der Waals surface area contributed by atoms with Crippen molar-refractivity contribution in [3.63, 3.8) is 0 Å². The van der Waals surface area contributed by atoms with Crippen molar-refractivity contribution in [3.8, 4) is 5.88 Å². The van der Waals surface area contributed by atoms with Crippen molar-refractivity contribution in [2.45, 2.75) is 26.3 Å². The van der Waals surface area contributed by atoms with Gasteiger partial charge in [-0.1, -0.05) is 0 Å². The Balaban J connectivity index is 2.18. The molecule has 0 bridgehead atoms. The van der Waals surface area contributed by atoms with Crippen LogP contribution in [0.1, 0.15) is 18.9 Å². The lowest BCUT2D eigenvalue weighted by Crippen LogP contribution is -2.30. The summed E-state index contributed by atoms with van der Waals surface area (Å²) in [7, 11) is 2.01. The topological polar surface area (TPSA) is 50.3 Å². The zero-order chi connectivity index (χ0) is 12.3. The van der Waals surface area contributed by atoms with Crippen LogP contribution in [0.15, 0.2) is 6.33 Å². The lowest BCUT2D eigenvalue weighted by molar-refractivity contribution is 0.323. The van der Waals surface area contributed by atoms with Crippen molar-refractivity contribution < 1.29 is 4.74 Å². The Morgan fingerprint density at radius 2 is 2.35 bits per heavy atom. The van der Waals surface area contributed by atoms with Gasteiger partial charge in [-0.05, 0) is 27.3 Å². The van der Waals surface area contributed by atoms with Gasteiger partial charge in [-0.25, -0.2) is 9.97 Å². The van der Waals surface area contributed by atoms with Gasteiger partial charge in [-0.2, -0.15) is 0 Å². The molecule has 1 atom stereocenters. The van der Waals surface area contributed by atoms with Crippen LogP contribution in [0.5, 0.6) is 5.88 Å². The van der Waals surface area contributed by atoms with Gasteiger partial charge >= 0.3 is 0 Å². The van der Waals surface area contributed by atoms with Crippen molar-refractivity contribution in [2.75, 3.05) is 31.6 Å². The van der Waals surface area contributed by atoms with Crippen LogP contribution < -0.4 is 15.0 Å². The average Bonchev–Trinajstić information content (AvgIpc) is 2.80. The monoisotopic (exact) mass is 236 g/mol. The van der Waals surface area contributed by atoms with Crippen molar-refractivity contribution in [1.82, 2.24) is 15.3 Å². The lowest BCUT2D eigenvalue weighted by atomic mass is 10.3. The Labute approximate surface area is 102 Å². The van der Waals surface area contributed by atoms with Crippen LogP contribution in [0.2, 0.25) is 0 Å². The molecule has 17 heavy (non-hydrogen) atoms. The molecular formula is C12H20N4O. The minimum absolute atomic E-state index is 0.555. The molecule has 2 heterocycles. The third-order valence-corrected chi connectivity index (χ3v) is 3.19. The fourth-order valence-corrected chi connectivity index (χ4v) is 2.21. The highest BCUT2D eigenvalue weighted by molar-refractivity contribution is 5.51. The van der Waals surface area contributed by atoms with Gasteiger partial charge in [0.05, 0.1) is 12.2 Å². The number of hydrogen-bond acceptors (Lipinski definition) is 5. The van der Waals surface area contributed by atoms with E-state index in [1.807, 2.05) is 20.9 Å². The largest absolute Gasteiger partial charge is 0.478 e. The van der Waals surface area contributed by atoms with Gasteiger partial charge in [0.1, 0.15) is 12.1 Å². The molecular weight excluding hydrogens is 216 g/mol. The number of ether oxygens (including phenoxy) is 1. The quantitative estimate of drug-likeness (QED) is 0.844. The molecule has 1 aromatic heterocycles. The van der Waals surface area contributed by atoms with Gasteiger partial charge in [0.2, 0.25) is 5.88 Å². The van der Waals surface area contributed by atoms with Crippen LogP contribution >= 0.6 is 0 Å². The fourth-order valence-electron chi connectivity index (χ4n) is 2.21. The second kappa shape index (κ2) is 5.31. The van der Waals surface area contributed by atoms with Crippen LogP contribution in [0.3, 0.4) is 0 Å². The maximum absolute atomic E-state index is 5.50. The molecule has 1 aliphatic heterocycles. The number of aromatic nitrogens is 2. The first-order valence-electron chi connectivity index (χ1n) is 6.12. The number of hydrogen-bond donors (Lipinski definition) is 1. The van der Waals surface area contributed by atoms with Gasteiger partial charge in [0, 0.05) is 19.1 Å². The van der Waals surface area contributed by atoms with Crippen molar-refractivity contribution in [3.05, 3.63) is 11.9 Å². The summed E-state index contributed by atoms with van der Waals surface area (Å²) >= 11 is 0. The SMILES string of the molecule is CCOc1ncnc(N2CCC(NC)C2)c1C. The Morgan fingerprint density at radius 3 is 3.00 bits per heavy atom. The molecule has 0 radical (unpaired) electrons. The summed E-state index contributed by atoms with van der Waals surface area (Å²) in [5.41, 5.74) is 1.03. The van der Waals surface area contributed by atoms with Crippen LogP contribution in [-0.2, 0) is 0 Å². The van der Waals surface area contributed by atoms with E-state index in [-0.39, 0.29) is 0 Å². The lowest BCUT2D eigenvalue weighted by Gasteiger charge is -2.20. The highest BCUT2D eigenvalue weighted by Gasteiger charge is 2.24. The standard InChI is InChI=1S/C12H20N4O/c1-4-17-12-9(2)11(14-8-15-12)16-6-5-10(7-16)13-3/h8,10,13H,4-7H2,1-3H3. The van der Waals surface area contributed by atoms with E-state index < -0.39 is 0 Å². The second-order valence-electron chi connectivity index (χ2n) is 4.28. The van der Waals surface area contributed by atoms with Crippen molar-refractivity contribution >= 4 is 5.82 Å². The molecule has 1 unspecified atom stereocenters. The van der Waals surface area contributed by atoms with Gasteiger partial charge in [0.25, 0.3) is 0 Å². The summed E-state index contributed by atoms with van der Waals surface area (Å²) in [6.07, 6.45) is 2.74. The third kappa shape index (κ3) is 2.49. The normalized spacial score (nSPS) is 19.7. The number of nitrogens with one attached hydrogen (secondary N) is 1. The number of likely N-dealkylation sites (N-methyl/N-ethyl adjacent to an activating group) is 1. The Morgan fingerprint density at radius 1 is 1.53 bits per heavy atom. The molecule has 0 spiro atoms. The first-order valence-corrected chi connectivity index (χ1v) is 6.12. The van der Waals surface area contributed by atoms with Crippen LogP contribution in [0.25, 0.3) is 0 Å². The average molecular weight is 236 g/mol. The minimum atomic E-state index is 0.555. The maximum Gasteiger partial charge on any atom is 0.221 e. The highest BCUT2D eigenvalue weighted by Crippen LogP contribution is 2.26. The van der Waals surface area contributed by atoms with Crippen LogP contribution in [-0.4, -0.2) is 42.8 Å². The molecule has 0 saturated carbocycles. The summed E-state index contributed by atoms with van der Waals surface area (Å²) in [5, 5.41) is 3.31. The minimum Gasteiger partial charge on any atom is -0.478 e. The summed E-state index contributed by atoms with van der Waals surface area (Å²) in [5.74, 6) is 1.70. The summed E-state index contributed by atoms with van der Waals surface area (Å²) in [4.78, 5) is 10.8. The van der Waals surface area contributed by atoms with Gasteiger partial charge in [-0.15, -0.1) is 0 Å². The zero-order valence-corrected chi connectivity index (χ0v) is 10.7. The van der Waals surface area contributed by atoms with Gasteiger partial charge in [-0.3, -0.25) is 0 Å². The van der Waals surface area contributed by atoms with E-state index >= 15 is 0 Å². The molecule has 1 fully saturated rings. The van der Waals surface area contributed by atoms with Gasteiger partial charge in [0.15, 0.2) is 0 Å². The molecule has 0 aliphatic carbocycles. The van der Waals surface area contributed by atoms with E-state index in [9.17, 15) is 0 Å². The number of rotatable bonds is 4. The summed E-state index contributed by atoms with van der Waals surface area (Å²) < 4.78 is 5.50. The van der Waals surface area contributed by atoms with E-state index in [1.54, 1.807) is 6.33 Å². The van der Waals surface area contributed by atoms with E-state index in [4.69, 9.17) is 4.74 Å². The number of nitrogens with zero attached hydrogens (tertiary/aromatic N) is 3. The van der Waals surface area contributed by atoms with Crippen LogP contribution in [0.4, 0.5) is 5.82 Å². The molecule has 0 aromatic carbocycles. The van der Waals surface area contributed by atoms with Gasteiger partial charge < -0.3 is 15.0 Å². The second-order valence-corrected chi connectivity index (χ2v) is 4.28. The molecule has 5 heteroatoms. The predicted molar refractivity (Wildman–Crippen MR) is 67.6 cm³/mol. The molecule has 5 nitrogen and oxygen atoms in total. The van der Waals surface area contributed by atoms with E-state index in [0.717, 1.165) is 30.9 Å². The molecule has 1 N–H and O–H groups in total. The zero-order valence-electron chi connectivity index (χ0n) is 10.7. The highest BCUT2D eigenvalue weighted by atomic mass is 16.5. The summed E-state index contributed by atoms with van der Waals surface area (Å²) in [6, 6.07) is 0.555. The number of anilines is 1. The smallest absolute Gasteiger partial charge is 0.221 e. The Kier molecular flexibility index (Phi) is 3.78. The first kappa shape index (κ1) is 12.1. The third-order valence-electron chi connectivity index (χ3n) is 3.19.